The van der Waals surface area contributed by atoms with E-state index in [1.54, 1.807) is 6.07 Å². The van der Waals surface area contributed by atoms with Crippen LogP contribution in [0.2, 0.25) is 10.0 Å². The van der Waals surface area contributed by atoms with Gasteiger partial charge in [-0.2, -0.15) is 0 Å². The predicted molar refractivity (Wildman–Crippen MR) is 127 cm³/mol. The number of nitrogens with two attached hydrogens (primary N) is 1. The van der Waals surface area contributed by atoms with E-state index in [-0.39, 0.29) is 29.9 Å². The number of rotatable bonds is 7. The molecule has 1 atom stereocenters. The van der Waals surface area contributed by atoms with Gasteiger partial charge in [-0.1, -0.05) is 35.3 Å². The zero-order valence-electron chi connectivity index (χ0n) is 17.2. The monoisotopic (exact) mass is 491 g/mol. The second kappa shape index (κ2) is 13.0. The number of nitrogens with one attached hydrogen (secondary N) is 1. The molecule has 0 aromatic heterocycles. The number of amides is 1. The molecule has 172 valence electrons. The second-order valence-electron chi connectivity index (χ2n) is 6.87. The largest absolute Gasteiger partial charge is 0.493 e. The van der Waals surface area contributed by atoms with Crippen LogP contribution in [0.15, 0.2) is 36.4 Å². The topological polar surface area (TPSA) is 108 Å². The second-order valence-corrected chi connectivity index (χ2v) is 7.71. The van der Waals surface area contributed by atoms with Gasteiger partial charge in [-0.05, 0) is 30.7 Å². The van der Waals surface area contributed by atoms with Crippen LogP contribution in [0.3, 0.4) is 0 Å². The first-order valence-corrected chi connectivity index (χ1v) is 10.3. The van der Waals surface area contributed by atoms with Crippen LogP contribution in [-0.2, 0) is 11.3 Å². The fourth-order valence-corrected chi connectivity index (χ4v) is 3.64. The van der Waals surface area contributed by atoms with Crippen LogP contribution in [0.25, 0.3) is 0 Å². The minimum absolute atomic E-state index is 0. The third kappa shape index (κ3) is 7.71. The van der Waals surface area contributed by atoms with E-state index < -0.39 is 0 Å². The highest BCUT2D eigenvalue weighted by Crippen LogP contribution is 2.29. The van der Waals surface area contributed by atoms with Gasteiger partial charge in [0, 0.05) is 37.3 Å². The van der Waals surface area contributed by atoms with Crippen LogP contribution in [0.4, 0.5) is 5.69 Å². The van der Waals surface area contributed by atoms with Gasteiger partial charge in [-0.25, -0.2) is 0 Å². The van der Waals surface area contributed by atoms with Gasteiger partial charge in [0.05, 0.1) is 35.6 Å². The molecule has 1 saturated heterocycles. The van der Waals surface area contributed by atoms with Crippen molar-refractivity contribution in [2.45, 2.75) is 19.6 Å². The molecule has 1 fully saturated rings. The molecule has 31 heavy (non-hydrogen) atoms. The first-order chi connectivity index (χ1) is 14.0. The number of nitrogens with zero attached hydrogens (tertiary/aromatic N) is 1. The van der Waals surface area contributed by atoms with Crippen molar-refractivity contribution < 1.29 is 19.7 Å². The molecule has 10 heteroatoms. The third-order valence-electron chi connectivity index (χ3n) is 4.65. The molecule has 2 aromatic rings. The molecular formula is C21H28Cl3N3O4. The van der Waals surface area contributed by atoms with Crippen molar-refractivity contribution in [2.24, 2.45) is 0 Å². The number of ether oxygens (including phenoxy) is 2. The van der Waals surface area contributed by atoms with E-state index in [1.165, 1.54) is 6.07 Å². The zero-order valence-corrected chi connectivity index (χ0v) is 19.5. The lowest BCUT2D eigenvalue weighted by Crippen LogP contribution is -2.47. The van der Waals surface area contributed by atoms with Crippen LogP contribution >= 0.6 is 35.6 Å². The Labute approximate surface area is 198 Å². The predicted octanol–water partition coefficient (Wildman–Crippen LogP) is 3.20. The molecule has 0 aliphatic carbocycles. The van der Waals surface area contributed by atoms with Crippen molar-refractivity contribution in [1.82, 2.24) is 10.2 Å². The van der Waals surface area contributed by atoms with E-state index in [1.807, 2.05) is 25.1 Å². The SMILES string of the molecule is CCOc1cc(N)c(Cl)cc1C(=O)NCC1CN(Cc2cccc(Cl)c2)CCO1.Cl.O. The highest BCUT2D eigenvalue weighted by atomic mass is 35.5. The maximum absolute atomic E-state index is 12.7. The van der Waals surface area contributed by atoms with E-state index >= 15 is 0 Å². The van der Waals surface area contributed by atoms with Crippen molar-refractivity contribution in [2.75, 3.05) is 38.6 Å². The van der Waals surface area contributed by atoms with Crippen LogP contribution < -0.4 is 15.8 Å². The van der Waals surface area contributed by atoms with E-state index in [4.69, 9.17) is 38.4 Å². The first kappa shape index (κ1) is 27.3. The average Bonchev–Trinajstić information content (AvgIpc) is 2.69. The summed E-state index contributed by atoms with van der Waals surface area (Å²) in [6.07, 6.45) is -0.105. The molecule has 0 saturated carbocycles. The number of nitrogen functional groups attached to an aromatic ring is 1. The zero-order chi connectivity index (χ0) is 20.8. The molecule has 5 N–H and O–H groups in total. The number of carbonyl (C=O) groups is 1. The van der Waals surface area contributed by atoms with Gasteiger partial charge in [0.25, 0.3) is 5.91 Å². The summed E-state index contributed by atoms with van der Waals surface area (Å²) < 4.78 is 11.3. The molecule has 0 spiro atoms. The molecule has 1 aliphatic rings. The Morgan fingerprint density at radius 3 is 2.81 bits per heavy atom. The maximum Gasteiger partial charge on any atom is 0.255 e. The van der Waals surface area contributed by atoms with Crippen LogP contribution in [0.1, 0.15) is 22.8 Å². The van der Waals surface area contributed by atoms with Gasteiger partial charge >= 0.3 is 0 Å². The highest BCUT2D eigenvalue weighted by molar-refractivity contribution is 6.33. The number of hydrogen-bond donors (Lipinski definition) is 2. The van der Waals surface area contributed by atoms with Gasteiger partial charge in [-0.15, -0.1) is 12.4 Å². The summed E-state index contributed by atoms with van der Waals surface area (Å²) in [6.45, 7) is 5.60. The van der Waals surface area contributed by atoms with Crippen molar-refractivity contribution >= 4 is 47.2 Å². The fraction of sp³-hybridized carbons (Fsp3) is 0.381. The first-order valence-electron chi connectivity index (χ1n) is 9.54. The van der Waals surface area contributed by atoms with Gasteiger partial charge in [0.15, 0.2) is 0 Å². The van der Waals surface area contributed by atoms with Crippen molar-refractivity contribution in [1.29, 1.82) is 0 Å². The van der Waals surface area contributed by atoms with Crippen molar-refractivity contribution in [3.63, 3.8) is 0 Å². The van der Waals surface area contributed by atoms with Crippen molar-refractivity contribution in [3.8, 4) is 5.75 Å². The standard InChI is InChI=1S/C21H25Cl2N3O3.ClH.H2O/c1-2-28-20-10-19(24)18(23)9-17(20)21(27)25-11-16-13-26(6-7-29-16)12-14-4-3-5-15(22)8-14;;/h3-5,8-10,16H,2,6-7,11-13,24H2,1H3,(H,25,27);1H;1H2. The van der Waals surface area contributed by atoms with Crippen LogP contribution in [0.5, 0.6) is 5.75 Å². The average molecular weight is 493 g/mol. The summed E-state index contributed by atoms with van der Waals surface area (Å²) in [5.74, 6) is 0.143. The quantitative estimate of drug-likeness (QED) is 0.577. The number of hydrogen-bond acceptors (Lipinski definition) is 5. The Morgan fingerprint density at radius 2 is 2.10 bits per heavy atom. The lowest BCUT2D eigenvalue weighted by molar-refractivity contribution is -0.0292. The summed E-state index contributed by atoms with van der Waals surface area (Å²) >= 11 is 12.2. The molecule has 1 unspecified atom stereocenters. The minimum atomic E-state index is -0.272. The summed E-state index contributed by atoms with van der Waals surface area (Å²) in [7, 11) is 0. The number of halogens is 3. The molecule has 7 nitrogen and oxygen atoms in total. The smallest absolute Gasteiger partial charge is 0.255 e. The summed E-state index contributed by atoms with van der Waals surface area (Å²) in [5.41, 5.74) is 7.71. The van der Waals surface area contributed by atoms with E-state index in [2.05, 4.69) is 16.3 Å². The number of carbonyl (C=O) groups excluding carboxylic acids is 1. The van der Waals surface area contributed by atoms with E-state index in [0.717, 1.165) is 23.7 Å². The third-order valence-corrected chi connectivity index (χ3v) is 5.21. The molecular weight excluding hydrogens is 465 g/mol. The molecule has 3 rings (SSSR count). The molecule has 2 aromatic carbocycles. The fourth-order valence-electron chi connectivity index (χ4n) is 3.26. The Hall–Kier alpha value is -1.74. The lowest BCUT2D eigenvalue weighted by atomic mass is 10.1. The Balaban J connectivity index is 0.00000240. The van der Waals surface area contributed by atoms with Gasteiger partial charge in [-0.3, -0.25) is 9.69 Å². The molecule has 0 bridgehead atoms. The Bertz CT molecular complexity index is 870. The summed E-state index contributed by atoms with van der Waals surface area (Å²) in [5, 5.41) is 3.96. The number of anilines is 1. The lowest BCUT2D eigenvalue weighted by Gasteiger charge is -2.33. The van der Waals surface area contributed by atoms with E-state index in [0.29, 0.717) is 48.3 Å². The Kier molecular flexibility index (Phi) is 11.4. The maximum atomic E-state index is 12.7. The molecule has 1 aliphatic heterocycles. The minimum Gasteiger partial charge on any atom is -0.493 e. The highest BCUT2D eigenvalue weighted by Gasteiger charge is 2.22. The van der Waals surface area contributed by atoms with Gasteiger partial charge < -0.3 is 26.0 Å². The van der Waals surface area contributed by atoms with Crippen LogP contribution in [0, 0.1) is 0 Å². The van der Waals surface area contributed by atoms with E-state index in [9.17, 15) is 4.79 Å². The molecule has 1 heterocycles. The number of benzene rings is 2. The molecule has 0 radical (unpaired) electrons. The Morgan fingerprint density at radius 1 is 1.32 bits per heavy atom. The summed E-state index contributed by atoms with van der Waals surface area (Å²) in [4.78, 5) is 15.0. The normalized spacial score (nSPS) is 16.0. The van der Waals surface area contributed by atoms with Gasteiger partial charge in [0.1, 0.15) is 5.75 Å². The molecule has 1 amide bonds. The summed E-state index contributed by atoms with van der Waals surface area (Å²) in [6, 6.07) is 10.9. The van der Waals surface area contributed by atoms with Crippen molar-refractivity contribution in [3.05, 3.63) is 57.6 Å². The number of morpholine rings is 1. The van der Waals surface area contributed by atoms with Gasteiger partial charge in [0.2, 0.25) is 0 Å². The van der Waals surface area contributed by atoms with Crippen LogP contribution in [-0.4, -0.2) is 55.2 Å².